The van der Waals surface area contributed by atoms with Crippen LogP contribution >= 0.6 is 12.4 Å². The SMILES string of the molecule is Cl.N[C@@H](CCF)C(=O)OCc1ccccc1. The molecule has 0 amide bonds. The van der Waals surface area contributed by atoms with E-state index in [2.05, 4.69) is 0 Å². The van der Waals surface area contributed by atoms with E-state index < -0.39 is 18.7 Å². The summed E-state index contributed by atoms with van der Waals surface area (Å²) >= 11 is 0. The van der Waals surface area contributed by atoms with Gasteiger partial charge in [0, 0.05) is 6.42 Å². The predicted octanol–water partition coefficient (Wildman–Crippen LogP) is 1.84. The zero-order valence-corrected chi connectivity index (χ0v) is 9.58. The summed E-state index contributed by atoms with van der Waals surface area (Å²) in [5, 5.41) is 0. The Morgan fingerprint density at radius 2 is 2.00 bits per heavy atom. The van der Waals surface area contributed by atoms with E-state index in [-0.39, 0.29) is 25.4 Å². The van der Waals surface area contributed by atoms with Gasteiger partial charge in [-0.05, 0) is 5.56 Å². The zero-order valence-electron chi connectivity index (χ0n) is 8.77. The molecule has 0 heterocycles. The molecule has 0 aliphatic carbocycles. The van der Waals surface area contributed by atoms with E-state index in [1.165, 1.54) is 0 Å². The average molecular weight is 248 g/mol. The number of esters is 1. The standard InChI is InChI=1S/C11H14FNO2.ClH/c12-7-6-10(13)11(14)15-8-9-4-2-1-3-5-9;/h1-5,10H,6-8,13H2;1H/t10-;/m0./s1. The normalized spacial score (nSPS) is 11.4. The van der Waals surface area contributed by atoms with Gasteiger partial charge in [-0.3, -0.25) is 9.18 Å². The Kier molecular flexibility index (Phi) is 7.50. The van der Waals surface area contributed by atoms with Crippen molar-refractivity contribution < 1.29 is 13.9 Å². The first-order chi connectivity index (χ1) is 7.24. The van der Waals surface area contributed by atoms with Crippen LogP contribution < -0.4 is 5.73 Å². The summed E-state index contributed by atoms with van der Waals surface area (Å²) in [5.41, 5.74) is 6.26. The Hall–Kier alpha value is -1.13. The first kappa shape index (κ1) is 14.9. The van der Waals surface area contributed by atoms with E-state index in [0.717, 1.165) is 5.56 Å². The molecule has 0 aromatic heterocycles. The van der Waals surface area contributed by atoms with E-state index in [4.69, 9.17) is 10.5 Å². The lowest BCUT2D eigenvalue weighted by molar-refractivity contribution is -0.146. The molecule has 0 bridgehead atoms. The smallest absolute Gasteiger partial charge is 0.323 e. The van der Waals surface area contributed by atoms with Crippen molar-refractivity contribution in [1.29, 1.82) is 0 Å². The largest absolute Gasteiger partial charge is 0.460 e. The molecule has 1 aromatic rings. The van der Waals surface area contributed by atoms with Gasteiger partial charge in [0.1, 0.15) is 12.6 Å². The van der Waals surface area contributed by atoms with Gasteiger partial charge in [0.25, 0.3) is 0 Å². The summed E-state index contributed by atoms with van der Waals surface area (Å²) in [5.74, 6) is -0.559. The molecule has 0 fully saturated rings. The van der Waals surface area contributed by atoms with E-state index in [1.54, 1.807) is 0 Å². The molecule has 5 heteroatoms. The third kappa shape index (κ3) is 5.09. The minimum absolute atomic E-state index is 0. The van der Waals surface area contributed by atoms with Crippen molar-refractivity contribution >= 4 is 18.4 Å². The molecule has 0 spiro atoms. The summed E-state index contributed by atoms with van der Waals surface area (Å²) in [7, 11) is 0. The monoisotopic (exact) mass is 247 g/mol. The Balaban J connectivity index is 0.00000225. The molecule has 0 unspecified atom stereocenters. The number of nitrogens with two attached hydrogens (primary N) is 1. The first-order valence-corrected chi connectivity index (χ1v) is 4.76. The lowest BCUT2D eigenvalue weighted by Crippen LogP contribution is -2.32. The van der Waals surface area contributed by atoms with Gasteiger partial charge in [0.2, 0.25) is 0 Å². The molecule has 1 rings (SSSR count). The highest BCUT2D eigenvalue weighted by Crippen LogP contribution is 2.02. The topological polar surface area (TPSA) is 52.3 Å². The number of hydrogen-bond acceptors (Lipinski definition) is 3. The summed E-state index contributed by atoms with van der Waals surface area (Å²) in [6, 6.07) is 8.40. The quantitative estimate of drug-likeness (QED) is 0.808. The first-order valence-electron chi connectivity index (χ1n) is 4.76. The van der Waals surface area contributed by atoms with Crippen LogP contribution in [0.2, 0.25) is 0 Å². The molecule has 3 nitrogen and oxygen atoms in total. The third-order valence-electron chi connectivity index (χ3n) is 1.95. The van der Waals surface area contributed by atoms with Crippen LogP contribution in [0.1, 0.15) is 12.0 Å². The number of benzene rings is 1. The number of ether oxygens (including phenoxy) is 1. The molecule has 0 saturated heterocycles. The van der Waals surface area contributed by atoms with Crippen LogP contribution in [0, 0.1) is 0 Å². The summed E-state index contributed by atoms with van der Waals surface area (Å²) in [4.78, 5) is 11.2. The molecule has 0 aliphatic heterocycles. The van der Waals surface area contributed by atoms with E-state index in [1.807, 2.05) is 30.3 Å². The predicted molar refractivity (Wildman–Crippen MR) is 62.1 cm³/mol. The van der Waals surface area contributed by atoms with Gasteiger partial charge < -0.3 is 10.5 Å². The molecule has 0 aliphatic rings. The minimum Gasteiger partial charge on any atom is -0.460 e. The molecular formula is C11H15ClFNO2. The Morgan fingerprint density at radius 3 is 2.56 bits per heavy atom. The lowest BCUT2D eigenvalue weighted by atomic mass is 10.2. The highest BCUT2D eigenvalue weighted by Gasteiger charge is 2.14. The van der Waals surface area contributed by atoms with Crippen LogP contribution in [-0.2, 0) is 16.1 Å². The number of alkyl halides is 1. The van der Waals surface area contributed by atoms with E-state index >= 15 is 0 Å². The van der Waals surface area contributed by atoms with Crippen molar-refractivity contribution in [2.24, 2.45) is 5.73 Å². The molecule has 2 N–H and O–H groups in total. The van der Waals surface area contributed by atoms with Crippen LogP contribution in [0.5, 0.6) is 0 Å². The fraction of sp³-hybridized carbons (Fsp3) is 0.364. The summed E-state index contributed by atoms with van der Waals surface area (Å²) in [6.07, 6.45) is 0.00756. The van der Waals surface area contributed by atoms with Crippen LogP contribution in [0.15, 0.2) is 30.3 Å². The van der Waals surface area contributed by atoms with Gasteiger partial charge in [-0.1, -0.05) is 30.3 Å². The number of carbonyl (C=O) groups excluding carboxylic acids is 1. The number of rotatable bonds is 5. The Morgan fingerprint density at radius 1 is 1.38 bits per heavy atom. The van der Waals surface area contributed by atoms with Crippen LogP contribution in [0.4, 0.5) is 4.39 Å². The second-order valence-corrected chi connectivity index (χ2v) is 3.18. The highest BCUT2D eigenvalue weighted by molar-refractivity contribution is 5.85. The minimum atomic E-state index is -0.862. The number of carbonyl (C=O) groups is 1. The molecule has 90 valence electrons. The van der Waals surface area contributed by atoms with Crippen molar-refractivity contribution in [2.45, 2.75) is 19.1 Å². The van der Waals surface area contributed by atoms with Gasteiger partial charge in [0.15, 0.2) is 0 Å². The maximum absolute atomic E-state index is 11.9. The second kappa shape index (κ2) is 8.07. The Bertz CT molecular complexity index is 308. The van der Waals surface area contributed by atoms with Crippen molar-refractivity contribution in [3.8, 4) is 0 Å². The number of hydrogen-bond donors (Lipinski definition) is 1. The van der Waals surface area contributed by atoms with Gasteiger partial charge in [-0.25, -0.2) is 0 Å². The average Bonchev–Trinajstić information content (AvgIpc) is 2.27. The highest BCUT2D eigenvalue weighted by atomic mass is 35.5. The van der Waals surface area contributed by atoms with Crippen LogP contribution in [0.25, 0.3) is 0 Å². The Labute approximate surface area is 100 Å². The van der Waals surface area contributed by atoms with Crippen LogP contribution in [-0.4, -0.2) is 18.7 Å². The van der Waals surface area contributed by atoms with Gasteiger partial charge in [-0.15, -0.1) is 12.4 Å². The molecule has 16 heavy (non-hydrogen) atoms. The van der Waals surface area contributed by atoms with E-state index in [0.29, 0.717) is 0 Å². The van der Waals surface area contributed by atoms with Gasteiger partial charge >= 0.3 is 5.97 Å². The van der Waals surface area contributed by atoms with Crippen molar-refractivity contribution in [3.05, 3.63) is 35.9 Å². The summed E-state index contributed by atoms with van der Waals surface area (Å²) < 4.78 is 16.8. The van der Waals surface area contributed by atoms with Gasteiger partial charge in [-0.2, -0.15) is 0 Å². The zero-order chi connectivity index (χ0) is 11.1. The molecule has 0 radical (unpaired) electrons. The third-order valence-corrected chi connectivity index (χ3v) is 1.95. The number of halogens is 2. The van der Waals surface area contributed by atoms with Crippen molar-refractivity contribution in [3.63, 3.8) is 0 Å². The van der Waals surface area contributed by atoms with Crippen molar-refractivity contribution in [1.82, 2.24) is 0 Å². The van der Waals surface area contributed by atoms with E-state index in [9.17, 15) is 9.18 Å². The molecular weight excluding hydrogens is 233 g/mol. The summed E-state index contributed by atoms with van der Waals surface area (Å²) in [6.45, 7) is -0.429. The maximum Gasteiger partial charge on any atom is 0.323 e. The molecule has 0 saturated carbocycles. The fourth-order valence-electron chi connectivity index (χ4n) is 1.07. The van der Waals surface area contributed by atoms with Crippen molar-refractivity contribution in [2.75, 3.05) is 6.67 Å². The van der Waals surface area contributed by atoms with Gasteiger partial charge in [0.05, 0.1) is 6.67 Å². The second-order valence-electron chi connectivity index (χ2n) is 3.18. The fourth-order valence-corrected chi connectivity index (χ4v) is 1.07. The maximum atomic E-state index is 11.9. The molecule has 1 aromatic carbocycles. The van der Waals surface area contributed by atoms with Crippen LogP contribution in [0.3, 0.4) is 0 Å². The lowest BCUT2D eigenvalue weighted by Gasteiger charge is -2.09. The molecule has 1 atom stereocenters.